The molecular weight excluding hydrogens is 176 g/mol. The molecule has 0 aliphatic heterocycles. The first-order valence-corrected chi connectivity index (χ1v) is 5.31. The largest absolute Gasteiger partial charge is 0.502 e. The summed E-state index contributed by atoms with van der Waals surface area (Å²) in [5.74, 6) is 1.43. The summed E-state index contributed by atoms with van der Waals surface area (Å²) in [7, 11) is 0. The summed E-state index contributed by atoms with van der Waals surface area (Å²) in [5.41, 5.74) is 0. The molecule has 0 unspecified atom stereocenters. The molecule has 0 aromatic heterocycles. The van der Waals surface area contributed by atoms with Crippen molar-refractivity contribution in [3.8, 4) is 0 Å². The second-order valence-electron chi connectivity index (χ2n) is 3.89. The number of rotatable bonds is 6. The second kappa shape index (κ2) is 6.52. The summed E-state index contributed by atoms with van der Waals surface area (Å²) < 4.78 is 10.4. The van der Waals surface area contributed by atoms with Crippen LogP contribution in [0.4, 0.5) is 0 Å². The van der Waals surface area contributed by atoms with Gasteiger partial charge in [-0.25, -0.2) is 0 Å². The Kier molecular flexibility index (Phi) is 5.20. The van der Waals surface area contributed by atoms with Crippen molar-refractivity contribution in [2.75, 3.05) is 13.2 Å². The Balaban J connectivity index is 2.10. The number of hydrogen-bond acceptors (Lipinski definition) is 2. The predicted octanol–water partition coefficient (Wildman–Crippen LogP) is 3.11. The lowest BCUT2D eigenvalue weighted by molar-refractivity contribution is 0.114. The Morgan fingerprint density at radius 2 is 1.21 bits per heavy atom. The molecular formula is C12H20O2. The number of hydrogen-bond donors (Lipinski definition) is 0. The normalized spacial score (nSPS) is 26.6. The first-order valence-electron chi connectivity index (χ1n) is 5.31. The molecule has 0 amide bonds. The van der Waals surface area contributed by atoms with E-state index in [-0.39, 0.29) is 0 Å². The van der Waals surface area contributed by atoms with Gasteiger partial charge in [-0.15, -0.1) is 0 Å². The van der Waals surface area contributed by atoms with Crippen molar-refractivity contribution in [2.24, 2.45) is 11.8 Å². The van der Waals surface area contributed by atoms with Crippen molar-refractivity contribution in [2.45, 2.75) is 25.7 Å². The molecule has 0 bridgehead atoms. The van der Waals surface area contributed by atoms with Crippen LogP contribution in [0.25, 0.3) is 0 Å². The van der Waals surface area contributed by atoms with E-state index in [1.807, 2.05) is 0 Å². The quantitative estimate of drug-likeness (QED) is 0.608. The molecule has 1 aliphatic carbocycles. The van der Waals surface area contributed by atoms with Gasteiger partial charge in [0.2, 0.25) is 0 Å². The van der Waals surface area contributed by atoms with Gasteiger partial charge in [0.1, 0.15) is 0 Å². The van der Waals surface area contributed by atoms with Gasteiger partial charge in [0.25, 0.3) is 0 Å². The van der Waals surface area contributed by atoms with E-state index in [9.17, 15) is 0 Å². The Labute approximate surface area is 86.6 Å². The Morgan fingerprint density at radius 3 is 1.50 bits per heavy atom. The minimum absolute atomic E-state index is 0.716. The van der Waals surface area contributed by atoms with E-state index in [0.717, 1.165) is 13.2 Å². The van der Waals surface area contributed by atoms with Crippen molar-refractivity contribution in [3.63, 3.8) is 0 Å². The van der Waals surface area contributed by atoms with Gasteiger partial charge in [-0.05, 0) is 37.5 Å². The predicted molar refractivity (Wildman–Crippen MR) is 57.7 cm³/mol. The highest BCUT2D eigenvalue weighted by molar-refractivity contribution is 4.73. The molecule has 14 heavy (non-hydrogen) atoms. The summed E-state index contributed by atoms with van der Waals surface area (Å²) >= 11 is 0. The zero-order valence-corrected chi connectivity index (χ0v) is 8.78. The van der Waals surface area contributed by atoms with Crippen LogP contribution in [0.2, 0.25) is 0 Å². The van der Waals surface area contributed by atoms with E-state index in [0.29, 0.717) is 11.8 Å². The zero-order chi connectivity index (χ0) is 10.2. The maximum absolute atomic E-state index is 5.21. The van der Waals surface area contributed by atoms with Crippen LogP contribution in [0, 0.1) is 11.8 Å². The first kappa shape index (κ1) is 11.2. The molecule has 2 heteroatoms. The lowest BCUT2D eigenvalue weighted by Gasteiger charge is -2.27. The van der Waals surface area contributed by atoms with E-state index in [2.05, 4.69) is 13.2 Å². The minimum atomic E-state index is 0.716. The van der Waals surface area contributed by atoms with E-state index in [1.54, 1.807) is 0 Å². The molecule has 0 spiro atoms. The molecule has 1 saturated carbocycles. The second-order valence-corrected chi connectivity index (χ2v) is 3.89. The van der Waals surface area contributed by atoms with Crippen LogP contribution in [0.3, 0.4) is 0 Å². The zero-order valence-electron chi connectivity index (χ0n) is 8.78. The maximum atomic E-state index is 5.21. The van der Waals surface area contributed by atoms with E-state index in [4.69, 9.17) is 9.47 Å². The summed E-state index contributed by atoms with van der Waals surface area (Å²) in [4.78, 5) is 0. The topological polar surface area (TPSA) is 18.5 Å². The van der Waals surface area contributed by atoms with Crippen LogP contribution in [0.15, 0.2) is 25.7 Å². The fourth-order valence-corrected chi connectivity index (χ4v) is 1.97. The lowest BCUT2D eigenvalue weighted by atomic mass is 9.83. The molecule has 0 saturated heterocycles. The fourth-order valence-electron chi connectivity index (χ4n) is 1.97. The third-order valence-electron chi connectivity index (χ3n) is 2.87. The highest BCUT2D eigenvalue weighted by Crippen LogP contribution is 2.29. The van der Waals surface area contributed by atoms with Gasteiger partial charge in [0, 0.05) is 0 Å². The van der Waals surface area contributed by atoms with Gasteiger partial charge in [-0.3, -0.25) is 0 Å². The summed E-state index contributed by atoms with van der Waals surface area (Å²) in [6.07, 6.45) is 8.07. The molecule has 0 atom stereocenters. The Bertz CT molecular complexity index is 149. The van der Waals surface area contributed by atoms with E-state index < -0.39 is 0 Å². The van der Waals surface area contributed by atoms with Crippen molar-refractivity contribution in [1.82, 2.24) is 0 Å². The molecule has 2 nitrogen and oxygen atoms in total. The number of ether oxygens (including phenoxy) is 2. The van der Waals surface area contributed by atoms with Crippen LogP contribution in [0.5, 0.6) is 0 Å². The SMILES string of the molecule is C=COC[C@H]1CC[C@@H](COC=C)CC1. The van der Waals surface area contributed by atoms with Crippen LogP contribution >= 0.6 is 0 Å². The van der Waals surface area contributed by atoms with Gasteiger partial charge < -0.3 is 9.47 Å². The maximum Gasteiger partial charge on any atom is 0.0901 e. The molecule has 0 N–H and O–H groups in total. The lowest BCUT2D eigenvalue weighted by Crippen LogP contribution is -2.20. The average molecular weight is 196 g/mol. The monoisotopic (exact) mass is 196 g/mol. The highest BCUT2D eigenvalue weighted by atomic mass is 16.5. The van der Waals surface area contributed by atoms with E-state index >= 15 is 0 Å². The van der Waals surface area contributed by atoms with Gasteiger partial charge >= 0.3 is 0 Å². The summed E-state index contributed by atoms with van der Waals surface area (Å²) in [6, 6.07) is 0. The van der Waals surface area contributed by atoms with Crippen molar-refractivity contribution >= 4 is 0 Å². The average Bonchev–Trinajstić information content (AvgIpc) is 2.25. The van der Waals surface area contributed by atoms with Crippen molar-refractivity contribution in [1.29, 1.82) is 0 Å². The van der Waals surface area contributed by atoms with Gasteiger partial charge in [-0.1, -0.05) is 13.2 Å². The van der Waals surface area contributed by atoms with Crippen LogP contribution < -0.4 is 0 Å². The van der Waals surface area contributed by atoms with Crippen LogP contribution in [-0.2, 0) is 9.47 Å². The molecule has 0 aromatic rings. The van der Waals surface area contributed by atoms with Crippen LogP contribution in [-0.4, -0.2) is 13.2 Å². The molecule has 0 radical (unpaired) electrons. The molecule has 1 aliphatic rings. The molecule has 1 rings (SSSR count). The highest BCUT2D eigenvalue weighted by Gasteiger charge is 2.21. The van der Waals surface area contributed by atoms with Crippen molar-refractivity contribution < 1.29 is 9.47 Å². The smallest absolute Gasteiger partial charge is 0.0901 e. The van der Waals surface area contributed by atoms with Gasteiger partial charge in [-0.2, -0.15) is 0 Å². The summed E-state index contributed by atoms with van der Waals surface area (Å²) in [5, 5.41) is 0. The minimum Gasteiger partial charge on any atom is -0.502 e. The molecule has 1 fully saturated rings. The van der Waals surface area contributed by atoms with Crippen molar-refractivity contribution in [3.05, 3.63) is 25.7 Å². The molecule has 80 valence electrons. The third-order valence-corrected chi connectivity index (χ3v) is 2.87. The first-order chi connectivity index (χ1) is 6.86. The van der Waals surface area contributed by atoms with Gasteiger partial charge in [0.15, 0.2) is 0 Å². The van der Waals surface area contributed by atoms with E-state index in [1.165, 1.54) is 38.2 Å². The Hall–Kier alpha value is -0.920. The summed E-state index contributed by atoms with van der Waals surface area (Å²) in [6.45, 7) is 8.76. The Morgan fingerprint density at radius 1 is 0.857 bits per heavy atom. The van der Waals surface area contributed by atoms with Gasteiger partial charge in [0.05, 0.1) is 25.7 Å². The van der Waals surface area contributed by atoms with Crippen LogP contribution in [0.1, 0.15) is 25.7 Å². The fraction of sp³-hybridized carbons (Fsp3) is 0.667. The standard InChI is InChI=1S/C12H20O2/c1-3-13-9-11-5-7-12(8-6-11)10-14-4-2/h3-4,11-12H,1-2,5-10H2/t11-,12+. The third kappa shape index (κ3) is 3.86. The molecule has 0 aromatic carbocycles. The molecule has 0 heterocycles.